The first-order valence-electron chi connectivity index (χ1n) is 6.56. The van der Waals surface area contributed by atoms with E-state index in [0.717, 1.165) is 6.54 Å². The Bertz CT molecular complexity index is 135. The van der Waals surface area contributed by atoms with E-state index in [4.69, 9.17) is 0 Å². The summed E-state index contributed by atoms with van der Waals surface area (Å²) in [5.74, 6) is 0. The second-order valence-corrected chi connectivity index (χ2v) is 5.03. The Morgan fingerprint density at radius 3 is 2.20 bits per heavy atom. The summed E-state index contributed by atoms with van der Waals surface area (Å²) in [6, 6.07) is 0. The maximum atomic E-state index is 3.70. The van der Waals surface area contributed by atoms with Gasteiger partial charge in [0, 0.05) is 5.54 Å². The summed E-state index contributed by atoms with van der Waals surface area (Å²) in [5, 5.41) is 7.29. The normalized spacial score (nSPS) is 14.2. The molecular weight excluding hydrogens is 184 g/mol. The van der Waals surface area contributed by atoms with Gasteiger partial charge in [0.15, 0.2) is 0 Å². The van der Waals surface area contributed by atoms with Gasteiger partial charge in [-0.25, -0.2) is 0 Å². The van der Waals surface area contributed by atoms with Gasteiger partial charge in [-0.05, 0) is 39.7 Å². The molecule has 2 nitrogen and oxygen atoms in total. The van der Waals surface area contributed by atoms with E-state index >= 15 is 0 Å². The van der Waals surface area contributed by atoms with Gasteiger partial charge in [-0.3, -0.25) is 5.32 Å². The van der Waals surface area contributed by atoms with Crippen LogP contribution < -0.4 is 10.6 Å². The van der Waals surface area contributed by atoms with Crippen molar-refractivity contribution >= 4 is 0 Å². The quantitative estimate of drug-likeness (QED) is 0.576. The van der Waals surface area contributed by atoms with Crippen LogP contribution in [0.15, 0.2) is 0 Å². The third kappa shape index (κ3) is 7.80. The third-order valence-electron chi connectivity index (χ3n) is 2.94. The molecule has 0 rings (SSSR count). The average Bonchev–Trinajstić information content (AvgIpc) is 2.22. The fourth-order valence-electron chi connectivity index (χ4n) is 1.53. The van der Waals surface area contributed by atoms with Crippen molar-refractivity contribution in [3.8, 4) is 0 Å². The molecule has 0 aromatic heterocycles. The van der Waals surface area contributed by atoms with Gasteiger partial charge in [0.05, 0.1) is 6.17 Å². The van der Waals surface area contributed by atoms with Crippen molar-refractivity contribution in [2.75, 3.05) is 6.54 Å². The molecule has 0 aromatic rings. The van der Waals surface area contributed by atoms with E-state index in [9.17, 15) is 0 Å². The monoisotopic (exact) mass is 214 g/mol. The van der Waals surface area contributed by atoms with Crippen molar-refractivity contribution in [1.29, 1.82) is 0 Å². The second-order valence-electron chi connectivity index (χ2n) is 5.03. The van der Waals surface area contributed by atoms with Gasteiger partial charge in [0.2, 0.25) is 0 Å². The molecule has 0 aromatic carbocycles. The number of hydrogen-bond donors (Lipinski definition) is 2. The lowest BCUT2D eigenvalue weighted by Crippen LogP contribution is -2.52. The predicted octanol–water partition coefficient (Wildman–Crippen LogP) is 3.28. The first-order chi connectivity index (χ1) is 7.05. The minimum absolute atomic E-state index is 0.249. The molecule has 0 aliphatic rings. The van der Waals surface area contributed by atoms with Crippen LogP contribution in [0.3, 0.4) is 0 Å². The standard InChI is InChI=1S/C13H30N2/c1-6-9-10-12(14-11-7-2)15-13(4,5)8-3/h12,14-15H,6-11H2,1-5H3. The Morgan fingerprint density at radius 2 is 1.73 bits per heavy atom. The molecule has 0 spiro atoms. The van der Waals surface area contributed by atoms with Crippen LogP contribution in [0.5, 0.6) is 0 Å². The first kappa shape index (κ1) is 14.9. The minimum Gasteiger partial charge on any atom is -0.302 e. The molecule has 0 heterocycles. The summed E-state index contributed by atoms with van der Waals surface area (Å²) in [4.78, 5) is 0. The van der Waals surface area contributed by atoms with Crippen LogP contribution in [0.1, 0.15) is 66.7 Å². The van der Waals surface area contributed by atoms with E-state index in [-0.39, 0.29) is 5.54 Å². The van der Waals surface area contributed by atoms with Crippen LogP contribution in [-0.2, 0) is 0 Å². The Hall–Kier alpha value is -0.0800. The molecule has 15 heavy (non-hydrogen) atoms. The molecule has 0 amide bonds. The molecule has 0 bridgehead atoms. The average molecular weight is 214 g/mol. The number of unbranched alkanes of at least 4 members (excludes halogenated alkanes) is 1. The van der Waals surface area contributed by atoms with Crippen molar-refractivity contribution < 1.29 is 0 Å². The van der Waals surface area contributed by atoms with Crippen LogP contribution in [0.25, 0.3) is 0 Å². The molecule has 0 aliphatic carbocycles. The van der Waals surface area contributed by atoms with Gasteiger partial charge in [-0.15, -0.1) is 0 Å². The van der Waals surface area contributed by atoms with Crippen molar-refractivity contribution in [3.63, 3.8) is 0 Å². The van der Waals surface area contributed by atoms with Crippen molar-refractivity contribution in [2.45, 2.75) is 78.4 Å². The number of rotatable bonds is 9. The highest BCUT2D eigenvalue weighted by Gasteiger charge is 2.18. The largest absolute Gasteiger partial charge is 0.302 e. The van der Waals surface area contributed by atoms with Crippen LogP contribution in [0.4, 0.5) is 0 Å². The summed E-state index contributed by atoms with van der Waals surface area (Å²) in [5.41, 5.74) is 0.249. The van der Waals surface area contributed by atoms with E-state index in [2.05, 4.69) is 45.3 Å². The highest BCUT2D eigenvalue weighted by molar-refractivity contribution is 4.79. The molecule has 2 N–H and O–H groups in total. The number of hydrogen-bond acceptors (Lipinski definition) is 2. The lowest BCUT2D eigenvalue weighted by molar-refractivity contribution is 0.276. The van der Waals surface area contributed by atoms with Gasteiger partial charge in [-0.2, -0.15) is 0 Å². The van der Waals surface area contributed by atoms with Gasteiger partial charge < -0.3 is 5.32 Å². The fraction of sp³-hybridized carbons (Fsp3) is 1.00. The Kier molecular flexibility index (Phi) is 8.07. The zero-order valence-corrected chi connectivity index (χ0v) is 11.3. The highest BCUT2D eigenvalue weighted by atomic mass is 15.1. The van der Waals surface area contributed by atoms with E-state index in [0.29, 0.717) is 6.17 Å². The molecule has 1 atom stereocenters. The third-order valence-corrected chi connectivity index (χ3v) is 2.94. The van der Waals surface area contributed by atoms with E-state index in [1.165, 1.54) is 32.1 Å². The summed E-state index contributed by atoms with van der Waals surface area (Å²) in [6.45, 7) is 12.4. The lowest BCUT2D eigenvalue weighted by atomic mass is 10.0. The van der Waals surface area contributed by atoms with Crippen molar-refractivity contribution in [3.05, 3.63) is 0 Å². The van der Waals surface area contributed by atoms with E-state index in [1.807, 2.05) is 0 Å². The Labute approximate surface area is 96.2 Å². The predicted molar refractivity (Wildman–Crippen MR) is 69.1 cm³/mol. The molecule has 0 fully saturated rings. The van der Waals surface area contributed by atoms with Gasteiger partial charge >= 0.3 is 0 Å². The fourth-order valence-corrected chi connectivity index (χ4v) is 1.53. The van der Waals surface area contributed by atoms with Crippen molar-refractivity contribution in [2.24, 2.45) is 0 Å². The molecule has 1 unspecified atom stereocenters. The molecule has 2 heteroatoms. The Morgan fingerprint density at radius 1 is 1.07 bits per heavy atom. The van der Waals surface area contributed by atoms with E-state index in [1.54, 1.807) is 0 Å². The first-order valence-corrected chi connectivity index (χ1v) is 6.56. The Balaban J connectivity index is 3.98. The SMILES string of the molecule is CCCCC(NCCC)NC(C)(C)CC. The van der Waals surface area contributed by atoms with Crippen molar-refractivity contribution in [1.82, 2.24) is 10.6 Å². The molecule has 0 saturated carbocycles. The second kappa shape index (κ2) is 8.12. The van der Waals surface area contributed by atoms with Crippen LogP contribution in [-0.4, -0.2) is 18.2 Å². The maximum Gasteiger partial charge on any atom is 0.0575 e. The number of nitrogens with one attached hydrogen (secondary N) is 2. The lowest BCUT2D eigenvalue weighted by Gasteiger charge is -2.31. The van der Waals surface area contributed by atoms with Gasteiger partial charge in [0.1, 0.15) is 0 Å². The summed E-state index contributed by atoms with van der Waals surface area (Å²) in [7, 11) is 0. The zero-order valence-electron chi connectivity index (χ0n) is 11.3. The highest BCUT2D eigenvalue weighted by Crippen LogP contribution is 2.10. The summed E-state index contributed by atoms with van der Waals surface area (Å²) in [6.07, 6.45) is 6.67. The maximum absolute atomic E-state index is 3.70. The van der Waals surface area contributed by atoms with Gasteiger partial charge in [-0.1, -0.05) is 33.6 Å². The van der Waals surface area contributed by atoms with Crippen LogP contribution >= 0.6 is 0 Å². The van der Waals surface area contributed by atoms with Crippen LogP contribution in [0, 0.1) is 0 Å². The topological polar surface area (TPSA) is 24.1 Å². The molecule has 0 aliphatic heterocycles. The molecular formula is C13H30N2. The minimum atomic E-state index is 0.249. The summed E-state index contributed by atoms with van der Waals surface area (Å²) >= 11 is 0. The van der Waals surface area contributed by atoms with Gasteiger partial charge in [0.25, 0.3) is 0 Å². The van der Waals surface area contributed by atoms with E-state index < -0.39 is 0 Å². The van der Waals surface area contributed by atoms with Crippen LogP contribution in [0.2, 0.25) is 0 Å². The molecule has 92 valence electrons. The molecule has 0 saturated heterocycles. The smallest absolute Gasteiger partial charge is 0.0575 e. The zero-order chi connectivity index (χ0) is 11.7. The molecule has 0 radical (unpaired) electrons. The summed E-state index contributed by atoms with van der Waals surface area (Å²) < 4.78 is 0.